The van der Waals surface area contributed by atoms with Crippen molar-refractivity contribution in [3.63, 3.8) is 0 Å². The molecule has 3 nitrogen and oxygen atoms in total. The lowest BCUT2D eigenvalue weighted by Crippen LogP contribution is -2.19. The van der Waals surface area contributed by atoms with Crippen molar-refractivity contribution in [2.75, 3.05) is 0 Å². The van der Waals surface area contributed by atoms with Crippen molar-refractivity contribution in [2.45, 2.75) is 89.2 Å². The van der Waals surface area contributed by atoms with Crippen LogP contribution in [-0.2, 0) is 10.1 Å². The summed E-state index contributed by atoms with van der Waals surface area (Å²) in [5.41, 5.74) is 0. The molecule has 0 aliphatic rings. The highest BCUT2D eigenvalue weighted by molar-refractivity contribution is 7.86. The summed E-state index contributed by atoms with van der Waals surface area (Å²) >= 11 is 0. The Morgan fingerprint density at radius 2 is 1.32 bits per heavy atom. The van der Waals surface area contributed by atoms with E-state index < -0.39 is 15.4 Å². The third kappa shape index (κ3) is 11.4. The molecule has 19 heavy (non-hydrogen) atoms. The van der Waals surface area contributed by atoms with E-state index in [0.29, 0.717) is 6.42 Å². The molecule has 0 aromatic carbocycles. The maximum Gasteiger partial charge on any atom is 0.267 e. The third-order valence-corrected chi connectivity index (χ3v) is 4.94. The molecule has 0 spiro atoms. The van der Waals surface area contributed by atoms with Crippen LogP contribution in [0.3, 0.4) is 0 Å². The van der Waals surface area contributed by atoms with E-state index in [1.165, 1.54) is 51.4 Å². The zero-order chi connectivity index (χ0) is 14.6. The molecule has 0 saturated heterocycles. The van der Waals surface area contributed by atoms with Gasteiger partial charge >= 0.3 is 0 Å². The normalized spacial score (nSPS) is 13.6. The summed E-state index contributed by atoms with van der Waals surface area (Å²) in [6.07, 6.45) is 13.1. The van der Waals surface area contributed by atoms with E-state index in [9.17, 15) is 8.42 Å². The van der Waals surface area contributed by atoms with Gasteiger partial charge in [0.2, 0.25) is 0 Å². The largest absolute Gasteiger partial charge is 0.285 e. The fourth-order valence-corrected chi connectivity index (χ4v) is 3.06. The van der Waals surface area contributed by atoms with Crippen molar-refractivity contribution < 1.29 is 13.0 Å². The van der Waals surface area contributed by atoms with Crippen LogP contribution in [0.15, 0.2) is 0 Å². The molecule has 0 heterocycles. The fraction of sp³-hybridized carbons (Fsp3) is 0.933. The summed E-state index contributed by atoms with van der Waals surface area (Å²) in [7, 11) is -3.89. The van der Waals surface area contributed by atoms with E-state index in [1.807, 2.05) is 0 Å². The molecular formula is C15H31O3S. The highest BCUT2D eigenvalue weighted by Gasteiger charge is 2.19. The number of hydrogen-bond donors (Lipinski definition) is 1. The Labute approximate surface area is 119 Å². The molecule has 4 heteroatoms. The van der Waals surface area contributed by atoms with Gasteiger partial charge in [0.05, 0.1) is 5.25 Å². The fourth-order valence-electron chi connectivity index (χ4n) is 2.30. The minimum Gasteiger partial charge on any atom is -0.285 e. The number of hydrogen-bond acceptors (Lipinski definition) is 2. The highest BCUT2D eigenvalue weighted by Crippen LogP contribution is 2.15. The maximum absolute atomic E-state index is 11.0. The Morgan fingerprint density at radius 1 is 0.895 bits per heavy atom. The van der Waals surface area contributed by atoms with Gasteiger partial charge in [-0.1, -0.05) is 78.1 Å². The van der Waals surface area contributed by atoms with Gasteiger partial charge < -0.3 is 0 Å². The molecule has 0 rings (SSSR count). The molecule has 1 radical (unpaired) electrons. The Balaban J connectivity index is 3.35. The average molecular weight is 291 g/mol. The summed E-state index contributed by atoms with van der Waals surface area (Å²) in [5.74, 6) is 0. The van der Waals surface area contributed by atoms with E-state index >= 15 is 0 Å². The van der Waals surface area contributed by atoms with Crippen LogP contribution in [0.4, 0.5) is 0 Å². The van der Waals surface area contributed by atoms with Crippen LogP contribution >= 0.6 is 0 Å². The standard InChI is InChI=1S/C15H31O3S/c1-3-5-6-7-8-9-10-11-12-13-14-15(4-2)19(16,17)18/h15H,2-14H2,1H3,(H,16,17,18). The van der Waals surface area contributed by atoms with Crippen LogP contribution < -0.4 is 0 Å². The number of unbranched alkanes of at least 4 members (excludes halogenated alkanes) is 9. The smallest absolute Gasteiger partial charge is 0.267 e. The molecule has 0 aliphatic heterocycles. The monoisotopic (exact) mass is 291 g/mol. The van der Waals surface area contributed by atoms with Crippen molar-refractivity contribution in [2.24, 2.45) is 0 Å². The topological polar surface area (TPSA) is 54.4 Å². The molecule has 115 valence electrons. The first-order chi connectivity index (χ1) is 9.02. The van der Waals surface area contributed by atoms with Gasteiger partial charge in [-0.05, 0) is 12.8 Å². The number of rotatable bonds is 13. The second-order valence-corrected chi connectivity index (χ2v) is 7.09. The van der Waals surface area contributed by atoms with Crippen molar-refractivity contribution >= 4 is 10.1 Å². The van der Waals surface area contributed by atoms with Crippen LogP contribution in [0.1, 0.15) is 84.0 Å². The van der Waals surface area contributed by atoms with E-state index in [1.54, 1.807) is 0 Å². The molecule has 1 atom stereocenters. The van der Waals surface area contributed by atoms with E-state index in [0.717, 1.165) is 12.8 Å². The highest BCUT2D eigenvalue weighted by atomic mass is 32.2. The lowest BCUT2D eigenvalue weighted by Gasteiger charge is -2.10. The van der Waals surface area contributed by atoms with Crippen molar-refractivity contribution in [3.05, 3.63) is 6.92 Å². The molecule has 0 aromatic rings. The van der Waals surface area contributed by atoms with E-state index in [-0.39, 0.29) is 6.42 Å². The van der Waals surface area contributed by atoms with Crippen LogP contribution in [0, 0.1) is 6.92 Å². The minimum absolute atomic E-state index is 0.260. The quantitative estimate of drug-likeness (QED) is 0.392. The first-order valence-corrected chi connectivity index (χ1v) is 9.28. The maximum atomic E-state index is 11.0. The van der Waals surface area contributed by atoms with Gasteiger partial charge in [-0.25, -0.2) is 0 Å². The second-order valence-electron chi connectivity index (χ2n) is 5.40. The lowest BCUT2D eigenvalue weighted by atomic mass is 10.0. The van der Waals surface area contributed by atoms with Crippen molar-refractivity contribution in [3.8, 4) is 0 Å². The molecular weight excluding hydrogens is 260 g/mol. The van der Waals surface area contributed by atoms with Crippen molar-refractivity contribution in [1.29, 1.82) is 0 Å². The summed E-state index contributed by atoms with van der Waals surface area (Å²) < 4.78 is 30.9. The Hall–Kier alpha value is -0.0900. The molecule has 0 amide bonds. The molecule has 1 N–H and O–H groups in total. The van der Waals surface area contributed by atoms with Gasteiger partial charge in [-0.2, -0.15) is 8.42 Å². The predicted molar refractivity (Wildman–Crippen MR) is 81.8 cm³/mol. The first kappa shape index (κ1) is 18.9. The zero-order valence-corrected chi connectivity index (χ0v) is 13.3. The summed E-state index contributed by atoms with van der Waals surface area (Å²) in [4.78, 5) is 0. The Bertz CT molecular complexity index is 286. The van der Waals surface area contributed by atoms with Gasteiger partial charge in [0, 0.05) is 0 Å². The van der Waals surface area contributed by atoms with Crippen LogP contribution in [0.25, 0.3) is 0 Å². The van der Waals surface area contributed by atoms with Gasteiger partial charge in [0.25, 0.3) is 10.1 Å². The Kier molecular flexibility index (Phi) is 11.7. The first-order valence-electron chi connectivity index (χ1n) is 7.78. The summed E-state index contributed by atoms with van der Waals surface area (Å²) in [5, 5.41) is -0.665. The zero-order valence-electron chi connectivity index (χ0n) is 12.4. The van der Waals surface area contributed by atoms with E-state index in [2.05, 4.69) is 13.8 Å². The van der Waals surface area contributed by atoms with Crippen molar-refractivity contribution in [1.82, 2.24) is 0 Å². The van der Waals surface area contributed by atoms with Gasteiger partial charge in [0.1, 0.15) is 0 Å². The predicted octanol–water partition coefficient (Wildman–Crippen LogP) is 4.78. The van der Waals surface area contributed by atoms with Crippen LogP contribution in [0.2, 0.25) is 0 Å². The van der Waals surface area contributed by atoms with Gasteiger partial charge in [0.15, 0.2) is 0 Å². The SMILES string of the molecule is [CH2]CC(CCCCCCCCCCCC)S(=O)(=O)O. The Morgan fingerprint density at radius 3 is 1.68 bits per heavy atom. The minimum atomic E-state index is -3.89. The summed E-state index contributed by atoms with van der Waals surface area (Å²) in [6.45, 7) is 5.81. The molecule has 0 fully saturated rings. The molecule has 0 saturated carbocycles. The third-order valence-electron chi connectivity index (χ3n) is 3.62. The average Bonchev–Trinajstić information content (AvgIpc) is 2.34. The lowest BCUT2D eigenvalue weighted by molar-refractivity contribution is 0.455. The van der Waals surface area contributed by atoms with Crippen LogP contribution in [0.5, 0.6) is 0 Å². The molecule has 0 aliphatic carbocycles. The second kappa shape index (κ2) is 11.7. The van der Waals surface area contributed by atoms with E-state index in [4.69, 9.17) is 4.55 Å². The van der Waals surface area contributed by atoms with Gasteiger partial charge in [-0.3, -0.25) is 4.55 Å². The molecule has 0 aromatic heterocycles. The van der Waals surface area contributed by atoms with Gasteiger partial charge in [-0.15, -0.1) is 0 Å². The van der Waals surface area contributed by atoms with Crippen LogP contribution in [-0.4, -0.2) is 18.2 Å². The summed E-state index contributed by atoms with van der Waals surface area (Å²) in [6, 6.07) is 0. The molecule has 1 unspecified atom stereocenters. The molecule has 0 bridgehead atoms.